The van der Waals surface area contributed by atoms with E-state index in [9.17, 15) is 9.90 Å². The average Bonchev–Trinajstić information content (AvgIpc) is 2.40. The third-order valence-electron chi connectivity index (χ3n) is 2.45. The molecule has 18 heavy (non-hydrogen) atoms. The van der Waals surface area contributed by atoms with Gasteiger partial charge in [-0.25, -0.2) is 4.79 Å². The zero-order chi connectivity index (χ0) is 13.0. The molecule has 0 unspecified atom stereocenters. The Labute approximate surface area is 104 Å². The number of aromatic hydroxyl groups is 1. The summed E-state index contributed by atoms with van der Waals surface area (Å²) >= 11 is 0. The van der Waals surface area contributed by atoms with Gasteiger partial charge in [-0.05, 0) is 24.3 Å². The van der Waals surface area contributed by atoms with E-state index in [2.05, 4.69) is 0 Å². The first-order valence-electron chi connectivity index (χ1n) is 5.40. The second-order valence-corrected chi connectivity index (χ2v) is 3.70. The number of carbonyl (C=O) groups is 1. The summed E-state index contributed by atoms with van der Waals surface area (Å²) in [5.74, 6) is -0.360. The highest BCUT2D eigenvalue weighted by atomic mass is 16.5. The Hall–Kier alpha value is -2.33. The van der Waals surface area contributed by atoms with Crippen LogP contribution in [0.25, 0.3) is 0 Å². The maximum Gasteiger partial charge on any atom is 0.343 e. The zero-order valence-corrected chi connectivity index (χ0v) is 9.54. The van der Waals surface area contributed by atoms with Crippen LogP contribution in [0.1, 0.15) is 15.9 Å². The molecule has 4 nitrogen and oxygen atoms in total. The van der Waals surface area contributed by atoms with Gasteiger partial charge in [0.2, 0.25) is 0 Å². The SMILES string of the molecule is O=C(Oc1ccc(CO)c(O)c1)c1ccccc1. The molecular weight excluding hydrogens is 232 g/mol. The van der Waals surface area contributed by atoms with Crippen molar-refractivity contribution in [3.05, 3.63) is 59.7 Å². The molecular formula is C14H12O4. The number of benzene rings is 2. The summed E-state index contributed by atoms with van der Waals surface area (Å²) < 4.78 is 5.10. The fraction of sp³-hybridized carbons (Fsp3) is 0.0714. The standard InChI is InChI=1S/C14H12O4/c15-9-11-6-7-12(8-13(11)16)18-14(17)10-4-2-1-3-5-10/h1-8,15-16H,9H2. The zero-order valence-electron chi connectivity index (χ0n) is 9.54. The van der Waals surface area contributed by atoms with Crippen molar-refractivity contribution >= 4 is 5.97 Å². The maximum atomic E-state index is 11.7. The van der Waals surface area contributed by atoms with E-state index in [1.165, 1.54) is 18.2 Å². The number of phenols is 1. The van der Waals surface area contributed by atoms with E-state index in [1.54, 1.807) is 30.3 Å². The molecule has 2 N–H and O–H groups in total. The summed E-state index contributed by atoms with van der Waals surface area (Å²) in [5, 5.41) is 18.4. The summed E-state index contributed by atoms with van der Waals surface area (Å²) in [6.45, 7) is -0.265. The highest BCUT2D eigenvalue weighted by molar-refractivity contribution is 5.91. The number of esters is 1. The largest absolute Gasteiger partial charge is 0.507 e. The van der Waals surface area contributed by atoms with Crippen LogP contribution in [0.3, 0.4) is 0 Å². The van der Waals surface area contributed by atoms with Crippen LogP contribution < -0.4 is 4.74 Å². The number of hydrogen-bond donors (Lipinski definition) is 2. The number of rotatable bonds is 3. The minimum Gasteiger partial charge on any atom is -0.507 e. The lowest BCUT2D eigenvalue weighted by molar-refractivity contribution is 0.0734. The molecule has 0 amide bonds. The van der Waals surface area contributed by atoms with Gasteiger partial charge in [-0.3, -0.25) is 0 Å². The van der Waals surface area contributed by atoms with E-state index >= 15 is 0 Å². The van der Waals surface area contributed by atoms with Gasteiger partial charge < -0.3 is 14.9 Å². The van der Waals surface area contributed by atoms with E-state index < -0.39 is 5.97 Å². The molecule has 0 aliphatic rings. The highest BCUT2D eigenvalue weighted by Crippen LogP contribution is 2.24. The maximum absolute atomic E-state index is 11.7. The van der Waals surface area contributed by atoms with Crippen molar-refractivity contribution in [2.45, 2.75) is 6.61 Å². The first-order valence-corrected chi connectivity index (χ1v) is 5.40. The highest BCUT2D eigenvalue weighted by Gasteiger charge is 2.09. The number of hydrogen-bond acceptors (Lipinski definition) is 4. The normalized spacial score (nSPS) is 10.1. The van der Waals surface area contributed by atoms with Crippen LogP contribution in [-0.4, -0.2) is 16.2 Å². The molecule has 2 rings (SSSR count). The van der Waals surface area contributed by atoms with Crippen molar-refractivity contribution in [3.8, 4) is 11.5 Å². The molecule has 92 valence electrons. The molecule has 0 aliphatic carbocycles. The molecule has 2 aromatic carbocycles. The first kappa shape index (κ1) is 12.1. The van der Waals surface area contributed by atoms with Crippen molar-refractivity contribution < 1.29 is 19.7 Å². The van der Waals surface area contributed by atoms with Crippen LogP contribution in [0, 0.1) is 0 Å². The molecule has 0 aromatic heterocycles. The third kappa shape index (κ3) is 2.67. The van der Waals surface area contributed by atoms with Crippen LogP contribution in [0.15, 0.2) is 48.5 Å². The van der Waals surface area contributed by atoms with Crippen molar-refractivity contribution in [1.82, 2.24) is 0 Å². The van der Waals surface area contributed by atoms with Crippen LogP contribution in [0.4, 0.5) is 0 Å². The second kappa shape index (κ2) is 5.33. The minimum absolute atomic E-state index is 0.101. The lowest BCUT2D eigenvalue weighted by atomic mass is 10.2. The topological polar surface area (TPSA) is 66.8 Å². The molecule has 0 radical (unpaired) electrons. The van der Waals surface area contributed by atoms with Gasteiger partial charge in [-0.1, -0.05) is 18.2 Å². The van der Waals surface area contributed by atoms with Crippen molar-refractivity contribution in [1.29, 1.82) is 0 Å². The fourth-order valence-electron chi connectivity index (χ4n) is 1.48. The average molecular weight is 244 g/mol. The van der Waals surface area contributed by atoms with Gasteiger partial charge >= 0.3 is 5.97 Å². The lowest BCUT2D eigenvalue weighted by Crippen LogP contribution is -2.08. The molecule has 0 fully saturated rings. The van der Waals surface area contributed by atoms with Gasteiger partial charge in [-0.15, -0.1) is 0 Å². The van der Waals surface area contributed by atoms with E-state index in [0.29, 0.717) is 11.1 Å². The van der Waals surface area contributed by atoms with Gasteiger partial charge in [0.05, 0.1) is 12.2 Å². The number of carbonyl (C=O) groups excluding carboxylic acids is 1. The van der Waals surface area contributed by atoms with Crippen LogP contribution in [0.5, 0.6) is 11.5 Å². The third-order valence-corrected chi connectivity index (χ3v) is 2.45. The van der Waals surface area contributed by atoms with Crippen LogP contribution >= 0.6 is 0 Å². The van der Waals surface area contributed by atoms with Crippen molar-refractivity contribution in [3.63, 3.8) is 0 Å². The Morgan fingerprint density at radius 2 is 1.83 bits per heavy atom. The lowest BCUT2D eigenvalue weighted by Gasteiger charge is -2.06. The summed E-state index contributed by atoms with van der Waals surface area (Å²) in [7, 11) is 0. The number of ether oxygens (including phenoxy) is 1. The smallest absolute Gasteiger partial charge is 0.343 e. The first-order chi connectivity index (χ1) is 8.70. The number of aliphatic hydroxyl groups excluding tert-OH is 1. The van der Waals surface area contributed by atoms with Gasteiger partial charge in [0.25, 0.3) is 0 Å². The Morgan fingerprint density at radius 1 is 1.11 bits per heavy atom. The Kier molecular flexibility index (Phi) is 3.60. The minimum atomic E-state index is -0.494. The monoisotopic (exact) mass is 244 g/mol. The predicted octanol–water partition coefficient (Wildman–Crippen LogP) is 2.10. The van der Waals surface area contributed by atoms with Gasteiger partial charge in [0, 0.05) is 11.6 Å². The molecule has 0 saturated carbocycles. The molecule has 0 heterocycles. The van der Waals surface area contributed by atoms with E-state index in [-0.39, 0.29) is 18.1 Å². The predicted molar refractivity (Wildman–Crippen MR) is 65.4 cm³/mol. The summed E-state index contributed by atoms with van der Waals surface area (Å²) in [6, 6.07) is 12.9. The van der Waals surface area contributed by atoms with Gasteiger partial charge in [-0.2, -0.15) is 0 Å². The molecule has 0 bridgehead atoms. The van der Waals surface area contributed by atoms with Crippen molar-refractivity contribution in [2.24, 2.45) is 0 Å². The number of aliphatic hydroxyl groups is 1. The van der Waals surface area contributed by atoms with E-state index in [0.717, 1.165) is 0 Å². The fourth-order valence-corrected chi connectivity index (χ4v) is 1.48. The molecule has 2 aromatic rings. The molecule has 0 atom stereocenters. The van der Waals surface area contributed by atoms with Crippen LogP contribution in [-0.2, 0) is 6.61 Å². The summed E-state index contributed by atoms with van der Waals surface area (Å²) in [6.07, 6.45) is 0. The van der Waals surface area contributed by atoms with E-state index in [1.807, 2.05) is 0 Å². The quantitative estimate of drug-likeness (QED) is 0.641. The second-order valence-electron chi connectivity index (χ2n) is 3.70. The van der Waals surface area contributed by atoms with Gasteiger partial charge in [0.1, 0.15) is 11.5 Å². The summed E-state index contributed by atoms with van der Waals surface area (Å²) in [5.41, 5.74) is 0.817. The summed E-state index contributed by atoms with van der Waals surface area (Å²) in [4.78, 5) is 11.7. The van der Waals surface area contributed by atoms with Gasteiger partial charge in [0.15, 0.2) is 0 Å². The molecule has 0 spiro atoms. The Balaban J connectivity index is 2.15. The Morgan fingerprint density at radius 3 is 2.44 bits per heavy atom. The molecule has 0 saturated heterocycles. The van der Waals surface area contributed by atoms with Crippen LogP contribution in [0.2, 0.25) is 0 Å². The van der Waals surface area contributed by atoms with Crippen molar-refractivity contribution in [2.75, 3.05) is 0 Å². The molecule has 0 aliphatic heterocycles. The molecule has 4 heteroatoms. The van der Waals surface area contributed by atoms with E-state index in [4.69, 9.17) is 9.84 Å². The Bertz CT molecular complexity index is 549.